The van der Waals surface area contributed by atoms with Gasteiger partial charge in [-0.15, -0.1) is 0 Å². The lowest BCUT2D eigenvalue weighted by molar-refractivity contribution is 0.101. The van der Waals surface area contributed by atoms with E-state index in [-0.39, 0.29) is 5.78 Å². The van der Waals surface area contributed by atoms with Crippen molar-refractivity contribution in [3.63, 3.8) is 0 Å². The molecule has 1 aromatic carbocycles. The highest BCUT2D eigenvalue weighted by atomic mass is 35.5. The van der Waals surface area contributed by atoms with Crippen LogP contribution in [-0.2, 0) is 0 Å². The van der Waals surface area contributed by atoms with Gasteiger partial charge in [0.15, 0.2) is 5.78 Å². The standard InChI is InChI=1S/C12H9Cl2NO/c1-6-10(14)5-8-3-4-9(13)11(7(2)16)12(8)15-6/h3-5H,1-2H3. The quantitative estimate of drug-likeness (QED) is 0.718. The fraction of sp³-hybridized carbons (Fsp3) is 0.167. The number of fused-ring (bicyclic) bond motifs is 1. The third kappa shape index (κ3) is 1.79. The van der Waals surface area contributed by atoms with Crippen LogP contribution in [0, 0.1) is 6.92 Å². The number of nitrogens with zero attached hydrogens (tertiary/aromatic N) is 1. The predicted molar refractivity (Wildman–Crippen MR) is 66.5 cm³/mol. The zero-order valence-electron chi connectivity index (χ0n) is 8.84. The van der Waals surface area contributed by atoms with Crippen LogP contribution in [0.4, 0.5) is 0 Å². The topological polar surface area (TPSA) is 30.0 Å². The average molecular weight is 254 g/mol. The second-order valence-electron chi connectivity index (χ2n) is 3.61. The van der Waals surface area contributed by atoms with Gasteiger partial charge in [0.25, 0.3) is 0 Å². The number of pyridine rings is 1. The van der Waals surface area contributed by atoms with Gasteiger partial charge in [-0.25, -0.2) is 0 Å². The molecule has 4 heteroatoms. The number of halogens is 2. The number of carbonyl (C=O) groups is 1. The molecule has 0 saturated heterocycles. The number of Topliss-reactive ketones (excluding diaryl/α,β-unsaturated/α-hetero) is 1. The molecule has 0 aliphatic rings. The molecular formula is C12H9Cl2NO. The van der Waals surface area contributed by atoms with Crippen LogP contribution in [0.25, 0.3) is 10.9 Å². The molecule has 2 aromatic rings. The Balaban J connectivity index is 2.92. The first-order valence-electron chi connectivity index (χ1n) is 4.77. The molecule has 82 valence electrons. The third-order valence-corrected chi connectivity index (χ3v) is 3.12. The Morgan fingerprint density at radius 2 is 1.94 bits per heavy atom. The lowest BCUT2D eigenvalue weighted by atomic mass is 10.1. The van der Waals surface area contributed by atoms with Crippen molar-refractivity contribution in [3.05, 3.63) is 39.5 Å². The maximum atomic E-state index is 11.5. The summed E-state index contributed by atoms with van der Waals surface area (Å²) >= 11 is 12.0. The fourth-order valence-electron chi connectivity index (χ4n) is 1.62. The smallest absolute Gasteiger partial charge is 0.163 e. The minimum absolute atomic E-state index is 0.0928. The van der Waals surface area contributed by atoms with E-state index < -0.39 is 0 Å². The Kier molecular flexibility index (Phi) is 2.87. The van der Waals surface area contributed by atoms with Gasteiger partial charge in [0, 0.05) is 5.39 Å². The van der Waals surface area contributed by atoms with Gasteiger partial charge in [-0.05, 0) is 26.0 Å². The van der Waals surface area contributed by atoms with Gasteiger partial charge < -0.3 is 0 Å². The molecule has 0 aliphatic heterocycles. The summed E-state index contributed by atoms with van der Waals surface area (Å²) in [4.78, 5) is 15.8. The molecule has 0 fully saturated rings. The lowest BCUT2D eigenvalue weighted by Gasteiger charge is -2.07. The number of hydrogen-bond donors (Lipinski definition) is 0. The summed E-state index contributed by atoms with van der Waals surface area (Å²) in [7, 11) is 0. The molecular weight excluding hydrogens is 245 g/mol. The minimum Gasteiger partial charge on any atom is -0.294 e. The van der Waals surface area contributed by atoms with E-state index in [9.17, 15) is 4.79 Å². The van der Waals surface area contributed by atoms with Crippen molar-refractivity contribution in [3.8, 4) is 0 Å². The van der Waals surface area contributed by atoms with E-state index in [0.29, 0.717) is 26.8 Å². The molecule has 0 spiro atoms. The number of rotatable bonds is 1. The van der Waals surface area contributed by atoms with E-state index in [1.807, 2.05) is 6.07 Å². The highest BCUT2D eigenvalue weighted by Gasteiger charge is 2.13. The summed E-state index contributed by atoms with van der Waals surface area (Å²) < 4.78 is 0. The Morgan fingerprint density at radius 3 is 2.56 bits per heavy atom. The summed E-state index contributed by atoms with van der Waals surface area (Å²) in [6.45, 7) is 3.28. The van der Waals surface area contributed by atoms with Crippen LogP contribution in [-0.4, -0.2) is 10.8 Å². The summed E-state index contributed by atoms with van der Waals surface area (Å²) in [5, 5.41) is 1.84. The van der Waals surface area contributed by atoms with Crippen molar-refractivity contribution in [2.75, 3.05) is 0 Å². The van der Waals surface area contributed by atoms with Crippen molar-refractivity contribution in [2.45, 2.75) is 13.8 Å². The van der Waals surface area contributed by atoms with Crippen LogP contribution in [0.3, 0.4) is 0 Å². The normalized spacial score (nSPS) is 10.8. The number of ketones is 1. The van der Waals surface area contributed by atoms with Gasteiger partial charge in [0.2, 0.25) is 0 Å². The zero-order chi connectivity index (χ0) is 11.9. The molecule has 1 heterocycles. The molecule has 16 heavy (non-hydrogen) atoms. The fourth-order valence-corrected chi connectivity index (χ4v) is 2.06. The number of hydrogen-bond acceptors (Lipinski definition) is 2. The SMILES string of the molecule is CC(=O)c1c(Cl)ccc2cc(Cl)c(C)nc12. The van der Waals surface area contributed by atoms with Crippen molar-refractivity contribution in [1.82, 2.24) is 4.98 Å². The second kappa shape index (κ2) is 4.04. The molecule has 0 amide bonds. The van der Waals surface area contributed by atoms with Crippen molar-refractivity contribution in [2.24, 2.45) is 0 Å². The Labute approximate surface area is 103 Å². The largest absolute Gasteiger partial charge is 0.294 e. The van der Waals surface area contributed by atoms with Crippen LogP contribution < -0.4 is 0 Å². The maximum Gasteiger partial charge on any atom is 0.163 e. The second-order valence-corrected chi connectivity index (χ2v) is 4.42. The molecule has 0 radical (unpaired) electrons. The van der Waals surface area contributed by atoms with Crippen molar-refractivity contribution < 1.29 is 4.79 Å². The molecule has 2 nitrogen and oxygen atoms in total. The van der Waals surface area contributed by atoms with E-state index in [0.717, 1.165) is 5.39 Å². The van der Waals surface area contributed by atoms with Gasteiger partial charge in [-0.2, -0.15) is 0 Å². The van der Waals surface area contributed by atoms with E-state index in [4.69, 9.17) is 23.2 Å². The van der Waals surface area contributed by atoms with Gasteiger partial charge in [-0.3, -0.25) is 9.78 Å². The average Bonchev–Trinajstić information content (AvgIpc) is 2.20. The lowest BCUT2D eigenvalue weighted by Crippen LogP contribution is -1.98. The first-order valence-corrected chi connectivity index (χ1v) is 5.52. The minimum atomic E-state index is -0.0928. The maximum absolute atomic E-state index is 11.5. The molecule has 0 unspecified atom stereocenters. The molecule has 1 aromatic heterocycles. The molecule has 0 aliphatic carbocycles. The van der Waals surface area contributed by atoms with Crippen molar-refractivity contribution in [1.29, 1.82) is 0 Å². The highest BCUT2D eigenvalue weighted by molar-refractivity contribution is 6.36. The molecule has 0 atom stereocenters. The van der Waals surface area contributed by atoms with Crippen LogP contribution in [0.2, 0.25) is 10.0 Å². The summed E-state index contributed by atoms with van der Waals surface area (Å²) in [5.74, 6) is -0.0928. The van der Waals surface area contributed by atoms with Gasteiger partial charge in [-0.1, -0.05) is 29.3 Å². The summed E-state index contributed by atoms with van der Waals surface area (Å²) in [6.07, 6.45) is 0. The number of benzene rings is 1. The van der Waals surface area contributed by atoms with Gasteiger partial charge >= 0.3 is 0 Å². The van der Waals surface area contributed by atoms with Gasteiger partial charge in [0.1, 0.15) is 0 Å². The molecule has 2 rings (SSSR count). The van der Waals surface area contributed by atoms with Crippen LogP contribution in [0.1, 0.15) is 23.0 Å². The van der Waals surface area contributed by atoms with E-state index >= 15 is 0 Å². The van der Waals surface area contributed by atoms with E-state index in [1.165, 1.54) is 6.92 Å². The highest BCUT2D eigenvalue weighted by Crippen LogP contribution is 2.28. The molecule has 0 N–H and O–H groups in total. The monoisotopic (exact) mass is 253 g/mol. The Bertz CT molecular complexity index is 593. The number of aryl methyl sites for hydroxylation is 1. The summed E-state index contributed by atoms with van der Waals surface area (Å²) in [6, 6.07) is 5.29. The van der Waals surface area contributed by atoms with Gasteiger partial charge in [0.05, 0.1) is 26.8 Å². The summed E-state index contributed by atoms with van der Waals surface area (Å²) in [5.41, 5.74) is 1.76. The first kappa shape index (κ1) is 11.4. The van der Waals surface area contributed by atoms with E-state index in [2.05, 4.69) is 4.98 Å². The van der Waals surface area contributed by atoms with Crippen molar-refractivity contribution >= 4 is 39.9 Å². The molecule has 0 saturated carbocycles. The number of carbonyl (C=O) groups excluding carboxylic acids is 1. The van der Waals surface area contributed by atoms with Crippen LogP contribution in [0.15, 0.2) is 18.2 Å². The van der Waals surface area contributed by atoms with E-state index in [1.54, 1.807) is 19.1 Å². The third-order valence-electron chi connectivity index (χ3n) is 2.42. The van der Waals surface area contributed by atoms with Crippen LogP contribution in [0.5, 0.6) is 0 Å². The Morgan fingerprint density at radius 1 is 1.25 bits per heavy atom. The van der Waals surface area contributed by atoms with Crippen LogP contribution >= 0.6 is 23.2 Å². The zero-order valence-corrected chi connectivity index (χ0v) is 10.4. The predicted octanol–water partition coefficient (Wildman–Crippen LogP) is 4.05. The molecule has 0 bridgehead atoms. The number of aromatic nitrogens is 1. The Hall–Kier alpha value is -1.12. The first-order chi connectivity index (χ1) is 7.50.